The van der Waals surface area contributed by atoms with E-state index in [2.05, 4.69) is 20.4 Å². The first-order chi connectivity index (χ1) is 15.2. The van der Waals surface area contributed by atoms with Crippen molar-refractivity contribution in [2.24, 2.45) is 0 Å². The maximum atomic E-state index is 12.3. The zero-order chi connectivity index (χ0) is 23.1. The number of pyridine rings is 2. The fourth-order valence-corrected chi connectivity index (χ4v) is 3.05. The van der Waals surface area contributed by atoms with Crippen molar-refractivity contribution in [1.29, 1.82) is 5.26 Å². The lowest BCUT2D eigenvalue weighted by Crippen LogP contribution is -2.26. The van der Waals surface area contributed by atoms with Crippen LogP contribution in [0.2, 0.25) is 0 Å². The fraction of sp³-hybridized carbons (Fsp3) is 0.381. The molecule has 0 spiro atoms. The summed E-state index contributed by atoms with van der Waals surface area (Å²) in [5.41, 5.74) is 2.67. The maximum absolute atomic E-state index is 12.3. The normalized spacial score (nSPS) is 11.3. The van der Waals surface area contributed by atoms with Gasteiger partial charge in [0, 0.05) is 36.1 Å². The molecular formula is C21H21F3N6O2. The summed E-state index contributed by atoms with van der Waals surface area (Å²) in [5.74, 6) is -0.0635. The van der Waals surface area contributed by atoms with Crippen LogP contribution in [0.1, 0.15) is 29.7 Å². The minimum absolute atomic E-state index is 0.0685. The summed E-state index contributed by atoms with van der Waals surface area (Å²) in [6.07, 6.45) is -0.118. The molecule has 3 rings (SSSR count). The molecule has 32 heavy (non-hydrogen) atoms. The van der Waals surface area contributed by atoms with Gasteiger partial charge in [-0.25, -0.2) is 4.98 Å². The molecule has 0 aliphatic heterocycles. The van der Waals surface area contributed by atoms with Crippen molar-refractivity contribution in [3.05, 3.63) is 47.5 Å². The Morgan fingerprint density at radius 1 is 1.34 bits per heavy atom. The lowest BCUT2D eigenvalue weighted by molar-refractivity contribution is -0.139. The molecule has 0 aliphatic carbocycles. The van der Waals surface area contributed by atoms with Crippen LogP contribution in [-0.2, 0) is 17.8 Å². The molecule has 0 fully saturated rings. The monoisotopic (exact) mass is 446 g/mol. The van der Waals surface area contributed by atoms with Gasteiger partial charge < -0.3 is 10.1 Å². The Morgan fingerprint density at radius 2 is 2.16 bits per heavy atom. The molecule has 0 atom stereocenters. The maximum Gasteiger partial charge on any atom is 0.392 e. The Kier molecular flexibility index (Phi) is 7.25. The van der Waals surface area contributed by atoms with Gasteiger partial charge >= 0.3 is 6.18 Å². The van der Waals surface area contributed by atoms with Gasteiger partial charge in [0.15, 0.2) is 0 Å². The number of halogens is 3. The number of fused-ring (bicyclic) bond motifs is 1. The number of nitriles is 1. The third kappa shape index (κ3) is 6.41. The quantitative estimate of drug-likeness (QED) is 0.507. The first-order valence-electron chi connectivity index (χ1n) is 9.85. The number of carbonyl (C=O) groups is 1. The highest BCUT2D eigenvalue weighted by atomic mass is 19.4. The second-order valence-corrected chi connectivity index (χ2v) is 7.13. The standard InChI is InChI=1S/C21H21F3N6O2/c1-14-9-15(11-28-20(14)32-8-4-21(22,23)24)12-30-13-16-17(29-30)3-7-26-18(16)10-19(31)27-6-2-5-25/h3,7,9,11,13H,2,4,6,8,10,12H2,1H3,(H,27,31). The van der Waals surface area contributed by atoms with E-state index in [4.69, 9.17) is 10.00 Å². The molecule has 0 radical (unpaired) electrons. The number of alkyl halides is 3. The molecule has 1 amide bonds. The average molecular weight is 446 g/mol. The number of aromatic nitrogens is 4. The SMILES string of the molecule is Cc1cc(Cn2cc3c(CC(=O)NCCC#N)nccc3n2)cnc1OCCC(F)(F)F. The number of hydrogen-bond acceptors (Lipinski definition) is 6. The number of ether oxygens (including phenoxy) is 1. The number of hydrogen-bond donors (Lipinski definition) is 1. The van der Waals surface area contributed by atoms with Crippen LogP contribution in [-0.4, -0.2) is 45.0 Å². The van der Waals surface area contributed by atoms with E-state index in [1.54, 1.807) is 36.1 Å². The second-order valence-electron chi connectivity index (χ2n) is 7.13. The highest BCUT2D eigenvalue weighted by Gasteiger charge is 2.27. The van der Waals surface area contributed by atoms with E-state index >= 15 is 0 Å². The summed E-state index contributed by atoms with van der Waals surface area (Å²) in [6, 6.07) is 5.49. The predicted molar refractivity (Wildman–Crippen MR) is 109 cm³/mol. The molecule has 0 saturated heterocycles. The Bertz CT molecular complexity index is 1140. The zero-order valence-corrected chi connectivity index (χ0v) is 17.3. The van der Waals surface area contributed by atoms with Crippen LogP contribution in [0.15, 0.2) is 30.7 Å². The number of carbonyl (C=O) groups excluding carboxylic acids is 1. The van der Waals surface area contributed by atoms with Crippen molar-refractivity contribution in [2.45, 2.75) is 38.9 Å². The van der Waals surface area contributed by atoms with Gasteiger partial charge in [-0.1, -0.05) is 0 Å². The van der Waals surface area contributed by atoms with E-state index in [1.165, 1.54) is 6.20 Å². The van der Waals surface area contributed by atoms with Crippen molar-refractivity contribution in [3.8, 4) is 11.9 Å². The van der Waals surface area contributed by atoms with Crippen molar-refractivity contribution in [1.82, 2.24) is 25.1 Å². The largest absolute Gasteiger partial charge is 0.477 e. The van der Waals surface area contributed by atoms with Crippen LogP contribution in [0, 0.1) is 18.3 Å². The van der Waals surface area contributed by atoms with Crippen LogP contribution < -0.4 is 10.1 Å². The van der Waals surface area contributed by atoms with Gasteiger partial charge in [-0.3, -0.25) is 14.5 Å². The van der Waals surface area contributed by atoms with Crippen LogP contribution in [0.25, 0.3) is 10.9 Å². The third-order valence-electron chi connectivity index (χ3n) is 4.51. The molecule has 1 N–H and O–H groups in total. The number of nitrogens with zero attached hydrogens (tertiary/aromatic N) is 5. The van der Waals surface area contributed by atoms with Gasteiger partial charge in [-0.05, 0) is 24.6 Å². The molecule has 0 aromatic carbocycles. The molecule has 0 saturated carbocycles. The van der Waals surface area contributed by atoms with E-state index in [0.717, 1.165) is 10.9 Å². The molecule has 8 nitrogen and oxygen atoms in total. The van der Waals surface area contributed by atoms with E-state index in [0.29, 0.717) is 23.3 Å². The first kappa shape index (κ1) is 23.0. The Morgan fingerprint density at radius 3 is 2.88 bits per heavy atom. The summed E-state index contributed by atoms with van der Waals surface area (Å²) < 4.78 is 43.6. The van der Waals surface area contributed by atoms with E-state index in [9.17, 15) is 18.0 Å². The molecule has 168 valence electrons. The summed E-state index contributed by atoms with van der Waals surface area (Å²) in [5, 5.41) is 16.5. The Balaban J connectivity index is 1.68. The second kappa shape index (κ2) is 10.1. The smallest absolute Gasteiger partial charge is 0.392 e. The van der Waals surface area contributed by atoms with Gasteiger partial charge in [-0.2, -0.15) is 23.5 Å². The minimum Gasteiger partial charge on any atom is -0.477 e. The fourth-order valence-electron chi connectivity index (χ4n) is 3.05. The lowest BCUT2D eigenvalue weighted by Gasteiger charge is -2.11. The van der Waals surface area contributed by atoms with Crippen molar-refractivity contribution < 1.29 is 22.7 Å². The number of aryl methyl sites for hydroxylation is 1. The Hall–Kier alpha value is -3.68. The van der Waals surface area contributed by atoms with Gasteiger partial charge in [0.05, 0.1) is 49.7 Å². The third-order valence-corrected chi connectivity index (χ3v) is 4.51. The van der Waals surface area contributed by atoms with Gasteiger partial charge in [0.1, 0.15) is 0 Å². The van der Waals surface area contributed by atoms with E-state index in [1.807, 2.05) is 6.07 Å². The molecule has 0 bridgehead atoms. The van der Waals surface area contributed by atoms with Crippen LogP contribution >= 0.6 is 0 Å². The minimum atomic E-state index is -4.28. The van der Waals surface area contributed by atoms with Gasteiger partial charge in [0.2, 0.25) is 11.8 Å². The highest BCUT2D eigenvalue weighted by molar-refractivity contribution is 5.86. The van der Waals surface area contributed by atoms with E-state index in [-0.39, 0.29) is 31.2 Å². The van der Waals surface area contributed by atoms with Crippen molar-refractivity contribution in [2.75, 3.05) is 13.2 Å². The molecule has 0 unspecified atom stereocenters. The van der Waals surface area contributed by atoms with Crippen LogP contribution in [0.5, 0.6) is 5.88 Å². The lowest BCUT2D eigenvalue weighted by atomic mass is 10.2. The summed E-state index contributed by atoms with van der Waals surface area (Å²) in [4.78, 5) is 20.5. The molecule has 3 aromatic rings. The van der Waals surface area contributed by atoms with Crippen molar-refractivity contribution >= 4 is 16.8 Å². The summed E-state index contributed by atoms with van der Waals surface area (Å²) in [6.45, 7) is 1.89. The van der Waals surface area contributed by atoms with Gasteiger partial charge in [0.25, 0.3) is 0 Å². The molecule has 0 aliphatic rings. The topological polar surface area (TPSA) is 106 Å². The average Bonchev–Trinajstić information content (AvgIpc) is 3.12. The molecule has 3 aromatic heterocycles. The number of rotatable bonds is 9. The highest BCUT2D eigenvalue weighted by Crippen LogP contribution is 2.22. The van der Waals surface area contributed by atoms with Crippen LogP contribution in [0.4, 0.5) is 13.2 Å². The first-order valence-corrected chi connectivity index (χ1v) is 9.85. The predicted octanol–water partition coefficient (Wildman–Crippen LogP) is 3.09. The van der Waals surface area contributed by atoms with Gasteiger partial charge in [-0.15, -0.1) is 0 Å². The molecule has 11 heteroatoms. The van der Waals surface area contributed by atoms with Crippen LogP contribution in [0.3, 0.4) is 0 Å². The summed E-state index contributed by atoms with van der Waals surface area (Å²) >= 11 is 0. The Labute approximate surface area is 182 Å². The number of amides is 1. The van der Waals surface area contributed by atoms with Crippen molar-refractivity contribution in [3.63, 3.8) is 0 Å². The number of nitrogens with one attached hydrogen (secondary N) is 1. The molecular weight excluding hydrogens is 425 g/mol. The zero-order valence-electron chi connectivity index (χ0n) is 17.3. The molecule has 3 heterocycles. The summed E-state index contributed by atoms with van der Waals surface area (Å²) in [7, 11) is 0. The van der Waals surface area contributed by atoms with E-state index < -0.39 is 19.2 Å².